The van der Waals surface area contributed by atoms with Crippen LogP contribution in [0, 0.1) is 5.92 Å². The van der Waals surface area contributed by atoms with Crippen molar-refractivity contribution >= 4 is 23.2 Å². The Kier molecular flexibility index (Phi) is 1.71. The van der Waals surface area contributed by atoms with E-state index >= 15 is 0 Å². The van der Waals surface area contributed by atoms with Gasteiger partial charge in [-0.15, -0.1) is 23.2 Å². The van der Waals surface area contributed by atoms with Gasteiger partial charge in [-0.05, 0) is 18.8 Å². The van der Waals surface area contributed by atoms with E-state index in [0.717, 1.165) is 6.42 Å². The predicted octanol–water partition coefficient (Wildman–Crippen LogP) is 2.00. The van der Waals surface area contributed by atoms with Crippen LogP contribution < -0.4 is 0 Å². The number of alkyl halides is 2. The smallest absolute Gasteiger partial charge is 0.121 e. The lowest BCUT2D eigenvalue weighted by Gasteiger charge is -1.92. The first-order chi connectivity index (χ1) is 3.67. The molecule has 3 heteroatoms. The van der Waals surface area contributed by atoms with Gasteiger partial charge in [0.2, 0.25) is 0 Å². The molecule has 1 nitrogen and oxygen atoms in total. The Bertz CT molecular complexity index is 92.4. The Morgan fingerprint density at radius 1 is 1.62 bits per heavy atom. The normalized spacial score (nSPS) is 32.6. The molecule has 1 unspecified atom stereocenters. The quantitative estimate of drug-likeness (QED) is 0.542. The van der Waals surface area contributed by atoms with E-state index in [9.17, 15) is 5.11 Å². The first-order valence-electron chi connectivity index (χ1n) is 2.63. The summed E-state index contributed by atoms with van der Waals surface area (Å²) in [6.07, 6.45) is 1.44. The highest BCUT2D eigenvalue weighted by Gasteiger charge is 2.50. The SMILES string of the molecule is [O]CCC1CC1(Cl)Cl. The zero-order valence-corrected chi connectivity index (χ0v) is 5.87. The Hall–Kier alpha value is 0.540. The standard InChI is InChI=1S/C5H7Cl2O/c6-5(7)3-4(5)1-2-8/h4H,1-3H2. The maximum Gasteiger partial charge on any atom is 0.121 e. The molecular weight excluding hydrogens is 147 g/mol. The summed E-state index contributed by atoms with van der Waals surface area (Å²) in [4.78, 5) is 0. The van der Waals surface area contributed by atoms with Crippen LogP contribution in [0.1, 0.15) is 12.8 Å². The van der Waals surface area contributed by atoms with E-state index in [4.69, 9.17) is 23.2 Å². The van der Waals surface area contributed by atoms with E-state index in [-0.39, 0.29) is 12.5 Å². The Balaban J connectivity index is 2.17. The minimum atomic E-state index is -0.537. The third-order valence-electron chi connectivity index (χ3n) is 1.42. The van der Waals surface area contributed by atoms with Gasteiger partial charge in [-0.1, -0.05) is 0 Å². The van der Waals surface area contributed by atoms with Crippen molar-refractivity contribution < 1.29 is 5.11 Å². The highest BCUT2D eigenvalue weighted by molar-refractivity contribution is 6.50. The monoisotopic (exact) mass is 153 g/mol. The van der Waals surface area contributed by atoms with Crippen molar-refractivity contribution in [3.8, 4) is 0 Å². The Morgan fingerprint density at radius 3 is 2.25 bits per heavy atom. The molecule has 1 aliphatic rings. The molecule has 0 heterocycles. The molecule has 0 bridgehead atoms. The number of rotatable bonds is 2. The molecule has 1 rings (SSSR count). The maximum atomic E-state index is 9.95. The molecule has 1 atom stereocenters. The van der Waals surface area contributed by atoms with Crippen LogP contribution in [0.4, 0.5) is 0 Å². The van der Waals surface area contributed by atoms with Crippen molar-refractivity contribution in [3.63, 3.8) is 0 Å². The summed E-state index contributed by atoms with van der Waals surface area (Å²) in [6, 6.07) is 0. The van der Waals surface area contributed by atoms with Crippen molar-refractivity contribution in [2.45, 2.75) is 17.2 Å². The van der Waals surface area contributed by atoms with E-state index in [1.165, 1.54) is 0 Å². The molecule has 8 heavy (non-hydrogen) atoms. The van der Waals surface area contributed by atoms with Crippen LogP contribution in [-0.2, 0) is 5.11 Å². The van der Waals surface area contributed by atoms with Gasteiger partial charge in [0.1, 0.15) is 4.33 Å². The molecule has 0 saturated heterocycles. The van der Waals surface area contributed by atoms with Gasteiger partial charge in [-0.3, -0.25) is 0 Å². The lowest BCUT2D eigenvalue weighted by Crippen LogP contribution is -1.91. The van der Waals surface area contributed by atoms with Crippen molar-refractivity contribution in [3.05, 3.63) is 0 Å². The average Bonchev–Trinajstić information content (AvgIpc) is 2.15. The summed E-state index contributed by atoms with van der Waals surface area (Å²) < 4.78 is -0.537. The van der Waals surface area contributed by atoms with Crippen LogP contribution in [0.3, 0.4) is 0 Å². The summed E-state index contributed by atoms with van der Waals surface area (Å²) in [5.74, 6) is 0.281. The maximum absolute atomic E-state index is 9.95. The molecule has 1 fully saturated rings. The molecule has 1 radical (unpaired) electrons. The molecule has 0 aromatic rings. The van der Waals surface area contributed by atoms with Crippen LogP contribution in [-0.4, -0.2) is 10.9 Å². The third kappa shape index (κ3) is 1.28. The zero-order valence-electron chi connectivity index (χ0n) is 4.36. The zero-order chi connectivity index (χ0) is 6.20. The molecule has 1 saturated carbocycles. The molecule has 0 amide bonds. The predicted molar refractivity (Wildman–Crippen MR) is 32.7 cm³/mol. The van der Waals surface area contributed by atoms with Crippen LogP contribution in [0.25, 0.3) is 0 Å². The molecule has 0 aliphatic heterocycles. The summed E-state index contributed by atoms with van der Waals surface area (Å²) >= 11 is 11.2. The van der Waals surface area contributed by atoms with E-state index in [2.05, 4.69) is 0 Å². The van der Waals surface area contributed by atoms with E-state index in [1.807, 2.05) is 0 Å². The highest BCUT2D eigenvalue weighted by Crippen LogP contribution is 2.54. The van der Waals surface area contributed by atoms with Gasteiger partial charge in [0.05, 0.1) is 6.61 Å². The first-order valence-corrected chi connectivity index (χ1v) is 3.38. The van der Waals surface area contributed by atoms with E-state index < -0.39 is 4.33 Å². The number of hydrogen-bond donors (Lipinski definition) is 0. The van der Waals surface area contributed by atoms with E-state index in [0.29, 0.717) is 6.42 Å². The van der Waals surface area contributed by atoms with Gasteiger partial charge in [0, 0.05) is 0 Å². The second kappa shape index (κ2) is 2.05. The summed E-state index contributed by atoms with van der Waals surface area (Å²) in [6.45, 7) is -0.0497. The van der Waals surface area contributed by atoms with Gasteiger partial charge >= 0.3 is 0 Å². The number of halogens is 2. The second-order valence-electron chi connectivity index (χ2n) is 2.15. The molecule has 47 valence electrons. The fourth-order valence-corrected chi connectivity index (χ4v) is 1.32. The fraction of sp³-hybridized carbons (Fsp3) is 1.00. The lowest BCUT2D eigenvalue weighted by molar-refractivity contribution is 0.183. The molecule has 0 N–H and O–H groups in total. The first kappa shape index (κ1) is 6.66. The summed E-state index contributed by atoms with van der Waals surface area (Å²) in [7, 11) is 0. The molecule has 0 spiro atoms. The van der Waals surface area contributed by atoms with Crippen LogP contribution in [0.2, 0.25) is 0 Å². The van der Waals surface area contributed by atoms with Crippen LogP contribution >= 0.6 is 23.2 Å². The minimum Gasteiger partial charge on any atom is -0.237 e. The largest absolute Gasteiger partial charge is 0.237 e. The Labute approximate surface area is 58.6 Å². The van der Waals surface area contributed by atoms with Gasteiger partial charge in [0.15, 0.2) is 0 Å². The van der Waals surface area contributed by atoms with Crippen molar-refractivity contribution in [1.82, 2.24) is 0 Å². The Morgan fingerprint density at radius 2 is 2.12 bits per heavy atom. The lowest BCUT2D eigenvalue weighted by atomic mass is 10.3. The van der Waals surface area contributed by atoms with Gasteiger partial charge in [-0.25, -0.2) is 5.11 Å². The third-order valence-corrected chi connectivity index (χ3v) is 2.35. The minimum absolute atomic E-state index is 0.0497. The van der Waals surface area contributed by atoms with Gasteiger partial charge in [-0.2, -0.15) is 0 Å². The fourth-order valence-electron chi connectivity index (χ4n) is 0.725. The van der Waals surface area contributed by atoms with Crippen LogP contribution in [0.15, 0.2) is 0 Å². The van der Waals surface area contributed by atoms with Crippen molar-refractivity contribution in [2.75, 3.05) is 6.61 Å². The number of hydrogen-bond acceptors (Lipinski definition) is 0. The molecule has 1 aliphatic carbocycles. The van der Waals surface area contributed by atoms with E-state index in [1.54, 1.807) is 0 Å². The van der Waals surface area contributed by atoms with Gasteiger partial charge < -0.3 is 0 Å². The summed E-state index contributed by atoms with van der Waals surface area (Å²) in [5, 5.41) is 9.95. The van der Waals surface area contributed by atoms with Crippen molar-refractivity contribution in [2.24, 2.45) is 5.92 Å². The van der Waals surface area contributed by atoms with Crippen LogP contribution in [0.5, 0.6) is 0 Å². The van der Waals surface area contributed by atoms with Crippen molar-refractivity contribution in [1.29, 1.82) is 0 Å². The molecule has 0 aromatic carbocycles. The molecular formula is C5H7Cl2O. The topological polar surface area (TPSA) is 19.9 Å². The highest BCUT2D eigenvalue weighted by atomic mass is 35.5. The molecule has 0 aromatic heterocycles. The van der Waals surface area contributed by atoms with Gasteiger partial charge in [0.25, 0.3) is 0 Å². The summed E-state index contributed by atoms with van der Waals surface area (Å²) in [5.41, 5.74) is 0. The second-order valence-corrected chi connectivity index (χ2v) is 3.70. The average molecular weight is 154 g/mol.